The number of rotatable bonds is 9. The first-order valence-corrected chi connectivity index (χ1v) is 23.7. The van der Waals surface area contributed by atoms with Crippen molar-refractivity contribution in [2.24, 2.45) is 0 Å². The second kappa shape index (κ2) is 16.3. The quantitative estimate of drug-likeness (QED) is 0.145. The van der Waals surface area contributed by atoms with Crippen molar-refractivity contribution in [1.29, 1.82) is 0 Å². The molecule has 0 bridgehead atoms. The van der Waals surface area contributed by atoms with Crippen molar-refractivity contribution in [2.75, 3.05) is 16.5 Å². The van der Waals surface area contributed by atoms with Crippen molar-refractivity contribution in [2.45, 2.75) is 90.9 Å². The highest BCUT2D eigenvalue weighted by Gasteiger charge is 2.32. The van der Waals surface area contributed by atoms with Crippen LogP contribution in [0.3, 0.4) is 0 Å². The van der Waals surface area contributed by atoms with Gasteiger partial charge in [-0.3, -0.25) is 4.57 Å². The summed E-state index contributed by atoms with van der Waals surface area (Å²) >= 11 is 0. The van der Waals surface area contributed by atoms with Crippen LogP contribution < -0.4 is 14.5 Å². The maximum atomic E-state index is 7.30. The molecule has 0 N–H and O–H groups in total. The van der Waals surface area contributed by atoms with Gasteiger partial charge in [-0.05, 0) is 105 Å². The average Bonchev–Trinajstić information content (AvgIpc) is 3.87. The molecule has 0 fully saturated rings. The van der Waals surface area contributed by atoms with Crippen molar-refractivity contribution in [3.63, 3.8) is 0 Å². The third-order valence-electron chi connectivity index (χ3n) is 14.2. The van der Waals surface area contributed by atoms with Gasteiger partial charge in [0, 0.05) is 56.9 Å². The first-order chi connectivity index (χ1) is 32.0. The molecule has 0 atom stereocenters. The first kappa shape index (κ1) is 43.8. The molecule has 0 amide bonds. The Kier molecular flexibility index (Phi) is 10.7. The Morgan fingerprint density at radius 1 is 0.433 bits per heavy atom. The molecule has 0 aliphatic carbocycles. The van der Waals surface area contributed by atoms with Crippen LogP contribution in [-0.2, 0) is 21.7 Å². The number of fused-ring (bicyclic) bond motifs is 4. The van der Waals surface area contributed by atoms with Gasteiger partial charge in [0.05, 0.1) is 22.4 Å². The molecule has 10 rings (SSSR count). The van der Waals surface area contributed by atoms with Gasteiger partial charge in [-0.1, -0.05) is 166 Å². The van der Waals surface area contributed by atoms with Crippen LogP contribution in [0.4, 0.5) is 22.7 Å². The van der Waals surface area contributed by atoms with E-state index in [0.717, 1.165) is 50.7 Å². The number of ether oxygens (including phenoxy) is 1. The Bertz CT molecular complexity index is 3280. The summed E-state index contributed by atoms with van der Waals surface area (Å²) in [6.45, 7) is 23.5. The van der Waals surface area contributed by atoms with Gasteiger partial charge < -0.3 is 14.5 Å². The highest BCUT2D eigenvalue weighted by atomic mass is 16.5. The summed E-state index contributed by atoms with van der Waals surface area (Å²) in [5.41, 5.74) is 13.6. The second-order valence-electron chi connectivity index (χ2n) is 21.5. The van der Waals surface area contributed by atoms with E-state index in [1.807, 2.05) is 6.20 Å². The molecule has 0 spiro atoms. The summed E-state index contributed by atoms with van der Waals surface area (Å²) in [5.74, 6) is 2.46. The summed E-state index contributed by atoms with van der Waals surface area (Å²) in [7, 11) is 0. The topological polar surface area (TPSA) is 33.5 Å². The van der Waals surface area contributed by atoms with E-state index in [1.54, 1.807) is 0 Å². The van der Waals surface area contributed by atoms with E-state index >= 15 is 0 Å². The second-order valence-corrected chi connectivity index (χ2v) is 21.5. The van der Waals surface area contributed by atoms with E-state index in [2.05, 4.69) is 260 Å². The highest BCUT2D eigenvalue weighted by Crippen LogP contribution is 2.48. The Labute approximate surface area is 397 Å². The monoisotopic (exact) mass is 878 g/mol. The minimum absolute atomic E-state index is 0.0140. The minimum atomic E-state index is -0.365. The lowest BCUT2D eigenvalue weighted by molar-refractivity contribution is 0.462. The third-order valence-corrected chi connectivity index (χ3v) is 14.2. The zero-order valence-electron chi connectivity index (χ0n) is 40.7. The van der Waals surface area contributed by atoms with Gasteiger partial charge in [0.2, 0.25) is 0 Å². The Balaban J connectivity index is 1.12. The number of aromatic nitrogens is 2. The molecular weight excluding hydrogens is 817 g/mol. The SMILES string of the molecule is CC(C)(C)c1cccc(N2CN(c3ccc(C(C)(C)c4ccccc4)c(Oc4ccc5c6cc(C(C)(C)C)ccc6n(-c6cc(C(C)(C)c7ccccc7)ccn6)c5c4)c3)c3ccccc32)c1. The molecule has 0 saturated heterocycles. The van der Waals surface area contributed by atoms with Gasteiger partial charge in [-0.15, -0.1) is 0 Å². The van der Waals surface area contributed by atoms with E-state index in [1.165, 1.54) is 44.6 Å². The number of hydrogen-bond donors (Lipinski definition) is 0. The first-order valence-electron chi connectivity index (χ1n) is 23.7. The predicted molar refractivity (Wildman–Crippen MR) is 282 cm³/mol. The van der Waals surface area contributed by atoms with E-state index < -0.39 is 0 Å². The molecular formula is C62H62N4O. The standard InChI is InChI=1S/C62H62N4O/c1-59(2,3)44-24-19-25-47(36-44)64-41-65(55-27-18-17-26-54(55)64)48-29-32-52(62(9,10)43-22-15-12-16-23-43)57(39-48)67-49-30-31-50-51-37-45(60(4,5)6)28-33-53(51)66(56(50)40-49)58-38-46(34-35-63-58)61(7,8)42-20-13-11-14-21-42/h11-40H,41H2,1-10H3. The maximum Gasteiger partial charge on any atom is 0.137 e. The Morgan fingerprint density at radius 2 is 1.03 bits per heavy atom. The Morgan fingerprint density at radius 3 is 1.69 bits per heavy atom. The highest BCUT2D eigenvalue weighted by molar-refractivity contribution is 6.10. The fraction of sp³-hybridized carbons (Fsp3) is 0.242. The lowest BCUT2D eigenvalue weighted by Crippen LogP contribution is -2.25. The Hall–Kier alpha value is -7.11. The largest absolute Gasteiger partial charge is 0.457 e. The van der Waals surface area contributed by atoms with Crippen LogP contribution in [0.1, 0.15) is 103 Å². The van der Waals surface area contributed by atoms with Gasteiger partial charge in [0.25, 0.3) is 0 Å². The maximum absolute atomic E-state index is 7.30. The van der Waals surface area contributed by atoms with E-state index in [9.17, 15) is 0 Å². The zero-order valence-corrected chi connectivity index (χ0v) is 40.7. The molecule has 9 aromatic rings. The zero-order chi connectivity index (χ0) is 46.9. The molecule has 336 valence electrons. The van der Waals surface area contributed by atoms with Crippen molar-refractivity contribution < 1.29 is 4.74 Å². The van der Waals surface area contributed by atoms with Crippen molar-refractivity contribution in [3.05, 3.63) is 216 Å². The van der Waals surface area contributed by atoms with E-state index in [-0.39, 0.29) is 21.7 Å². The molecule has 7 aromatic carbocycles. The summed E-state index contributed by atoms with van der Waals surface area (Å²) in [5, 5.41) is 2.35. The summed E-state index contributed by atoms with van der Waals surface area (Å²) in [6, 6.07) is 63.9. The molecule has 2 aromatic heterocycles. The average molecular weight is 879 g/mol. The van der Waals surface area contributed by atoms with Crippen LogP contribution in [0.15, 0.2) is 182 Å². The van der Waals surface area contributed by atoms with Crippen LogP contribution >= 0.6 is 0 Å². The fourth-order valence-corrected chi connectivity index (χ4v) is 9.94. The molecule has 0 saturated carbocycles. The van der Waals surface area contributed by atoms with Crippen molar-refractivity contribution >= 4 is 44.6 Å². The smallest absolute Gasteiger partial charge is 0.137 e. The molecule has 5 nitrogen and oxygen atoms in total. The third kappa shape index (κ3) is 7.94. The molecule has 1 aliphatic rings. The number of nitrogens with zero attached hydrogens (tertiary/aromatic N) is 4. The van der Waals surface area contributed by atoms with E-state index in [4.69, 9.17) is 9.72 Å². The van der Waals surface area contributed by atoms with Gasteiger partial charge >= 0.3 is 0 Å². The van der Waals surface area contributed by atoms with Crippen LogP contribution in [0.5, 0.6) is 11.5 Å². The van der Waals surface area contributed by atoms with Gasteiger partial charge in [0.15, 0.2) is 0 Å². The number of benzene rings is 7. The van der Waals surface area contributed by atoms with Gasteiger partial charge in [0.1, 0.15) is 24.0 Å². The van der Waals surface area contributed by atoms with Gasteiger partial charge in [-0.2, -0.15) is 0 Å². The number of anilines is 4. The van der Waals surface area contributed by atoms with Crippen molar-refractivity contribution in [1.82, 2.24) is 9.55 Å². The number of hydrogen-bond acceptors (Lipinski definition) is 4. The summed E-state index contributed by atoms with van der Waals surface area (Å²) < 4.78 is 9.63. The molecule has 67 heavy (non-hydrogen) atoms. The minimum Gasteiger partial charge on any atom is -0.457 e. The van der Waals surface area contributed by atoms with Gasteiger partial charge in [-0.25, -0.2) is 4.98 Å². The van der Waals surface area contributed by atoms with E-state index in [0.29, 0.717) is 6.67 Å². The summed E-state index contributed by atoms with van der Waals surface area (Å²) in [4.78, 5) is 9.92. The molecule has 1 aliphatic heterocycles. The lowest BCUT2D eigenvalue weighted by Gasteiger charge is -2.30. The van der Waals surface area contributed by atoms with Crippen LogP contribution in [0.2, 0.25) is 0 Å². The van der Waals surface area contributed by atoms with Crippen LogP contribution in [0.25, 0.3) is 27.6 Å². The van der Waals surface area contributed by atoms with Crippen LogP contribution in [-0.4, -0.2) is 16.2 Å². The molecule has 3 heterocycles. The molecule has 0 radical (unpaired) electrons. The predicted octanol–water partition coefficient (Wildman–Crippen LogP) is 16.5. The summed E-state index contributed by atoms with van der Waals surface area (Å²) in [6.07, 6.45) is 1.96. The fourth-order valence-electron chi connectivity index (χ4n) is 9.94. The normalized spacial score (nSPS) is 13.4. The number of pyridine rings is 1. The number of para-hydroxylation sites is 2. The van der Waals surface area contributed by atoms with Crippen LogP contribution in [0, 0.1) is 0 Å². The molecule has 5 heteroatoms. The van der Waals surface area contributed by atoms with Crippen molar-refractivity contribution in [3.8, 4) is 17.3 Å². The molecule has 0 unspecified atom stereocenters. The lowest BCUT2D eigenvalue weighted by atomic mass is 9.77.